The molecule has 0 saturated carbocycles. The van der Waals surface area contributed by atoms with Crippen molar-refractivity contribution in [3.05, 3.63) is 52.9 Å². The maximum atomic E-state index is 12.8. The Morgan fingerprint density at radius 2 is 2.22 bits per heavy atom. The molecule has 120 valence electrons. The first-order valence-corrected chi connectivity index (χ1v) is 8.38. The molecule has 0 bridgehead atoms. The van der Waals surface area contributed by atoms with Gasteiger partial charge >= 0.3 is 0 Å². The average molecular weight is 329 g/mol. The summed E-state index contributed by atoms with van der Waals surface area (Å²) < 4.78 is 5.59. The number of aromatic amines is 1. The maximum absolute atomic E-state index is 12.8. The summed E-state index contributed by atoms with van der Waals surface area (Å²) in [6.45, 7) is 6.30. The number of nitrogens with zero attached hydrogens (tertiary/aromatic N) is 2. The fourth-order valence-corrected chi connectivity index (χ4v) is 3.06. The second kappa shape index (κ2) is 6.42. The second-order valence-electron chi connectivity index (χ2n) is 5.68. The molecular weight excluding hydrogens is 310 g/mol. The van der Waals surface area contributed by atoms with Gasteiger partial charge in [0.05, 0.1) is 17.1 Å². The van der Waals surface area contributed by atoms with E-state index in [4.69, 9.17) is 4.42 Å². The first-order valence-electron chi connectivity index (χ1n) is 7.50. The van der Waals surface area contributed by atoms with E-state index in [0.29, 0.717) is 12.2 Å². The van der Waals surface area contributed by atoms with E-state index in [0.717, 1.165) is 22.1 Å². The van der Waals surface area contributed by atoms with Gasteiger partial charge < -0.3 is 9.32 Å². The molecule has 6 heteroatoms. The molecule has 0 aromatic carbocycles. The number of thiophene rings is 1. The first kappa shape index (κ1) is 15.6. The van der Waals surface area contributed by atoms with Crippen molar-refractivity contribution in [1.29, 1.82) is 0 Å². The van der Waals surface area contributed by atoms with E-state index in [1.165, 1.54) is 0 Å². The molecule has 0 atom stereocenters. The first-order chi connectivity index (χ1) is 11.0. The fourth-order valence-electron chi connectivity index (χ4n) is 2.36. The van der Waals surface area contributed by atoms with Crippen LogP contribution in [0.15, 0.2) is 40.1 Å². The normalized spacial score (nSPS) is 11.1. The molecule has 0 aliphatic heterocycles. The van der Waals surface area contributed by atoms with E-state index < -0.39 is 0 Å². The van der Waals surface area contributed by atoms with Gasteiger partial charge in [-0.3, -0.25) is 9.89 Å². The van der Waals surface area contributed by atoms with E-state index in [-0.39, 0.29) is 11.9 Å². The summed E-state index contributed by atoms with van der Waals surface area (Å²) in [6, 6.07) is 9.63. The quantitative estimate of drug-likeness (QED) is 0.767. The molecule has 3 aromatic rings. The molecule has 1 N–H and O–H groups in total. The second-order valence-corrected chi connectivity index (χ2v) is 6.63. The molecule has 0 aliphatic carbocycles. The lowest BCUT2D eigenvalue weighted by Gasteiger charge is -2.24. The van der Waals surface area contributed by atoms with Gasteiger partial charge in [0.15, 0.2) is 5.69 Å². The standard InChI is InChI=1S/C17H19N3O2S/c1-11(2)20(10-13-7-6-12(3)22-13)17(21)15-9-14(18-19-15)16-5-4-8-23-16/h4-9,11H,10H2,1-3H3,(H,18,19). The van der Waals surface area contributed by atoms with E-state index in [1.807, 2.05) is 50.4 Å². The van der Waals surface area contributed by atoms with Crippen molar-refractivity contribution in [2.75, 3.05) is 0 Å². The van der Waals surface area contributed by atoms with Gasteiger partial charge in [-0.25, -0.2) is 0 Å². The number of aromatic nitrogens is 2. The molecular formula is C17H19N3O2S. The van der Waals surface area contributed by atoms with Crippen LogP contribution in [0.1, 0.15) is 35.9 Å². The van der Waals surface area contributed by atoms with Crippen molar-refractivity contribution in [3.63, 3.8) is 0 Å². The maximum Gasteiger partial charge on any atom is 0.275 e. The SMILES string of the molecule is Cc1ccc(CN(C(=O)c2cc(-c3cccs3)[nH]n2)C(C)C)o1. The molecule has 3 rings (SSSR count). The summed E-state index contributed by atoms with van der Waals surface area (Å²) in [4.78, 5) is 15.6. The largest absolute Gasteiger partial charge is 0.464 e. The van der Waals surface area contributed by atoms with Crippen LogP contribution in [0.3, 0.4) is 0 Å². The smallest absolute Gasteiger partial charge is 0.275 e. The predicted molar refractivity (Wildman–Crippen MR) is 90.4 cm³/mol. The highest BCUT2D eigenvalue weighted by atomic mass is 32.1. The molecule has 0 fully saturated rings. The monoisotopic (exact) mass is 329 g/mol. The van der Waals surface area contributed by atoms with Gasteiger partial charge in [-0.2, -0.15) is 5.10 Å². The Labute approximate surface area is 138 Å². The van der Waals surface area contributed by atoms with Crippen LogP contribution in [0.4, 0.5) is 0 Å². The lowest BCUT2D eigenvalue weighted by molar-refractivity contribution is 0.0669. The Kier molecular flexibility index (Phi) is 4.34. The number of H-pyrrole nitrogens is 1. The summed E-state index contributed by atoms with van der Waals surface area (Å²) in [7, 11) is 0. The minimum atomic E-state index is -0.104. The van der Waals surface area contributed by atoms with Crippen molar-refractivity contribution >= 4 is 17.2 Å². The van der Waals surface area contributed by atoms with E-state index in [1.54, 1.807) is 22.3 Å². The number of hydrogen-bond donors (Lipinski definition) is 1. The molecule has 0 spiro atoms. The number of carbonyl (C=O) groups is 1. The highest BCUT2D eigenvalue weighted by molar-refractivity contribution is 7.13. The number of rotatable bonds is 5. The Morgan fingerprint density at radius 1 is 1.39 bits per heavy atom. The van der Waals surface area contributed by atoms with Crippen LogP contribution in [-0.2, 0) is 6.54 Å². The van der Waals surface area contributed by atoms with Crippen molar-refractivity contribution < 1.29 is 9.21 Å². The summed E-state index contributed by atoms with van der Waals surface area (Å²) >= 11 is 1.61. The van der Waals surface area contributed by atoms with Crippen LogP contribution in [0.25, 0.3) is 10.6 Å². The average Bonchev–Trinajstić information content (AvgIpc) is 3.24. The van der Waals surface area contributed by atoms with Crippen LogP contribution < -0.4 is 0 Å². The summed E-state index contributed by atoms with van der Waals surface area (Å²) in [5.41, 5.74) is 1.28. The van der Waals surface area contributed by atoms with E-state index in [9.17, 15) is 4.79 Å². The lowest BCUT2D eigenvalue weighted by Crippen LogP contribution is -2.36. The molecule has 0 saturated heterocycles. The lowest BCUT2D eigenvalue weighted by atomic mass is 10.2. The van der Waals surface area contributed by atoms with Gasteiger partial charge in [-0.05, 0) is 50.4 Å². The van der Waals surface area contributed by atoms with Gasteiger partial charge in [0, 0.05) is 6.04 Å². The summed E-state index contributed by atoms with van der Waals surface area (Å²) in [5.74, 6) is 1.52. The third kappa shape index (κ3) is 3.37. The van der Waals surface area contributed by atoms with Gasteiger partial charge in [0.2, 0.25) is 0 Å². The van der Waals surface area contributed by atoms with Crippen LogP contribution in [0.2, 0.25) is 0 Å². The highest BCUT2D eigenvalue weighted by Gasteiger charge is 2.23. The van der Waals surface area contributed by atoms with Crippen LogP contribution in [0.5, 0.6) is 0 Å². The number of furan rings is 1. The minimum Gasteiger partial charge on any atom is -0.464 e. The molecule has 5 nitrogen and oxygen atoms in total. The molecule has 0 unspecified atom stereocenters. The minimum absolute atomic E-state index is 0.0507. The highest BCUT2D eigenvalue weighted by Crippen LogP contribution is 2.24. The number of aryl methyl sites for hydroxylation is 1. The van der Waals surface area contributed by atoms with Crippen LogP contribution >= 0.6 is 11.3 Å². The van der Waals surface area contributed by atoms with E-state index >= 15 is 0 Å². The third-order valence-corrected chi connectivity index (χ3v) is 4.49. The van der Waals surface area contributed by atoms with Crippen LogP contribution in [-0.4, -0.2) is 27.0 Å². The molecule has 0 radical (unpaired) electrons. The Morgan fingerprint density at radius 3 is 2.83 bits per heavy atom. The van der Waals surface area contributed by atoms with Crippen molar-refractivity contribution in [2.24, 2.45) is 0 Å². The molecule has 3 aromatic heterocycles. The molecule has 3 heterocycles. The van der Waals surface area contributed by atoms with Gasteiger partial charge in [0.25, 0.3) is 5.91 Å². The Hall–Kier alpha value is -2.34. The van der Waals surface area contributed by atoms with E-state index in [2.05, 4.69) is 10.2 Å². The van der Waals surface area contributed by atoms with Crippen molar-refractivity contribution in [1.82, 2.24) is 15.1 Å². The Balaban J connectivity index is 1.81. The number of carbonyl (C=O) groups excluding carboxylic acids is 1. The van der Waals surface area contributed by atoms with Crippen molar-refractivity contribution in [2.45, 2.75) is 33.4 Å². The van der Waals surface area contributed by atoms with Crippen LogP contribution in [0, 0.1) is 6.92 Å². The molecule has 0 aliphatic rings. The fraction of sp³-hybridized carbons (Fsp3) is 0.294. The topological polar surface area (TPSA) is 62.1 Å². The summed E-state index contributed by atoms with van der Waals surface area (Å²) in [6.07, 6.45) is 0. The van der Waals surface area contributed by atoms with Gasteiger partial charge in [-0.15, -0.1) is 11.3 Å². The zero-order valence-corrected chi connectivity index (χ0v) is 14.2. The zero-order chi connectivity index (χ0) is 16.4. The molecule has 23 heavy (non-hydrogen) atoms. The number of nitrogens with one attached hydrogen (secondary N) is 1. The predicted octanol–water partition coefficient (Wildman–Crippen LogP) is 4.09. The number of hydrogen-bond acceptors (Lipinski definition) is 4. The molecule has 1 amide bonds. The van der Waals surface area contributed by atoms with Gasteiger partial charge in [0.1, 0.15) is 11.5 Å². The number of amides is 1. The zero-order valence-electron chi connectivity index (χ0n) is 13.4. The third-order valence-electron chi connectivity index (χ3n) is 3.59. The Bertz CT molecular complexity index is 786. The van der Waals surface area contributed by atoms with Crippen molar-refractivity contribution in [3.8, 4) is 10.6 Å². The summed E-state index contributed by atoms with van der Waals surface area (Å²) in [5, 5.41) is 9.12. The van der Waals surface area contributed by atoms with Gasteiger partial charge in [-0.1, -0.05) is 6.07 Å².